The topological polar surface area (TPSA) is 72.5 Å². The molecule has 0 amide bonds. The summed E-state index contributed by atoms with van der Waals surface area (Å²) in [4.78, 5) is 4.78. The number of hydrogen-bond acceptors (Lipinski definition) is 4. The Hall–Kier alpha value is -2.99. The number of rotatable bonds is 2. The Labute approximate surface area is 143 Å². The van der Waals surface area contributed by atoms with Crippen LogP contribution in [0, 0.1) is 11.7 Å². The van der Waals surface area contributed by atoms with Gasteiger partial charge < -0.3 is 5.84 Å². The zero-order chi connectivity index (χ0) is 16.7. The van der Waals surface area contributed by atoms with Crippen LogP contribution in [-0.4, -0.2) is 19.9 Å². The maximum Gasteiger partial charge on any atom is 0.214 e. The molecule has 0 aliphatic carbocycles. The SMILES string of the molecule is Cc1ccc(-c2cc(-c3n[nH]c(=S)n3N)c3ccccc3n2)cc1. The van der Waals surface area contributed by atoms with Gasteiger partial charge in [-0.25, -0.2) is 14.8 Å². The van der Waals surface area contributed by atoms with Crippen molar-refractivity contribution in [3.05, 3.63) is 64.9 Å². The second-order valence-corrected chi connectivity index (χ2v) is 6.05. The molecule has 2 heterocycles. The van der Waals surface area contributed by atoms with Crippen molar-refractivity contribution in [1.29, 1.82) is 0 Å². The van der Waals surface area contributed by atoms with E-state index in [-0.39, 0.29) is 0 Å². The number of nitrogens with one attached hydrogen (secondary N) is 1. The van der Waals surface area contributed by atoms with Crippen LogP contribution >= 0.6 is 12.2 Å². The van der Waals surface area contributed by atoms with E-state index in [4.69, 9.17) is 23.0 Å². The van der Waals surface area contributed by atoms with Crippen molar-refractivity contribution in [2.75, 3.05) is 5.84 Å². The fourth-order valence-corrected chi connectivity index (χ4v) is 2.86. The Morgan fingerprint density at radius 2 is 1.83 bits per heavy atom. The summed E-state index contributed by atoms with van der Waals surface area (Å²) in [5, 5.41) is 8.00. The number of nitrogens with two attached hydrogens (primary N) is 1. The smallest absolute Gasteiger partial charge is 0.214 e. The van der Waals surface area contributed by atoms with Gasteiger partial charge >= 0.3 is 0 Å². The average Bonchev–Trinajstić information content (AvgIpc) is 2.94. The number of pyridine rings is 1. The number of H-pyrrole nitrogens is 1. The van der Waals surface area contributed by atoms with Crippen molar-refractivity contribution in [3.63, 3.8) is 0 Å². The summed E-state index contributed by atoms with van der Waals surface area (Å²) in [7, 11) is 0. The minimum Gasteiger partial charge on any atom is -0.335 e. The van der Waals surface area contributed by atoms with E-state index < -0.39 is 0 Å². The third-order valence-corrected chi connectivity index (χ3v) is 4.30. The van der Waals surface area contributed by atoms with Gasteiger partial charge in [0.05, 0.1) is 11.2 Å². The molecule has 0 spiro atoms. The summed E-state index contributed by atoms with van der Waals surface area (Å²) in [6.07, 6.45) is 0. The lowest BCUT2D eigenvalue weighted by Gasteiger charge is -2.09. The van der Waals surface area contributed by atoms with Crippen molar-refractivity contribution in [2.24, 2.45) is 0 Å². The highest BCUT2D eigenvalue weighted by atomic mass is 32.1. The Morgan fingerprint density at radius 3 is 2.54 bits per heavy atom. The van der Waals surface area contributed by atoms with E-state index in [1.807, 2.05) is 30.3 Å². The minimum absolute atomic E-state index is 0.378. The molecule has 118 valence electrons. The largest absolute Gasteiger partial charge is 0.335 e. The van der Waals surface area contributed by atoms with E-state index in [0.717, 1.165) is 27.7 Å². The standard InChI is InChI=1S/C18H15N5S/c1-11-6-8-12(9-7-11)16-10-14(17-21-22-18(24)23(17)19)13-4-2-3-5-15(13)20-16/h2-10H,19H2,1H3,(H,22,24). The van der Waals surface area contributed by atoms with Gasteiger partial charge in [-0.2, -0.15) is 5.10 Å². The molecule has 5 nitrogen and oxygen atoms in total. The Kier molecular flexibility index (Phi) is 3.39. The lowest BCUT2D eigenvalue weighted by molar-refractivity contribution is 0.985. The quantitative estimate of drug-likeness (QED) is 0.432. The lowest BCUT2D eigenvalue weighted by atomic mass is 10.0. The van der Waals surface area contributed by atoms with E-state index in [1.54, 1.807) is 0 Å². The Balaban J connectivity index is 2.03. The molecule has 4 aromatic rings. The number of nitrogen functional groups attached to an aromatic ring is 1. The van der Waals surface area contributed by atoms with E-state index in [2.05, 4.69) is 41.4 Å². The van der Waals surface area contributed by atoms with Gasteiger partial charge in [0.25, 0.3) is 0 Å². The van der Waals surface area contributed by atoms with Gasteiger partial charge in [0, 0.05) is 16.5 Å². The highest BCUT2D eigenvalue weighted by Crippen LogP contribution is 2.30. The molecule has 0 bridgehead atoms. The molecule has 0 atom stereocenters. The van der Waals surface area contributed by atoms with Crippen molar-refractivity contribution >= 4 is 23.1 Å². The van der Waals surface area contributed by atoms with Gasteiger partial charge in [0.2, 0.25) is 4.77 Å². The summed E-state index contributed by atoms with van der Waals surface area (Å²) < 4.78 is 1.76. The van der Waals surface area contributed by atoms with E-state index in [9.17, 15) is 0 Å². The monoisotopic (exact) mass is 333 g/mol. The van der Waals surface area contributed by atoms with Crippen molar-refractivity contribution < 1.29 is 0 Å². The van der Waals surface area contributed by atoms with Crippen molar-refractivity contribution in [3.8, 4) is 22.6 Å². The summed E-state index contributed by atoms with van der Waals surface area (Å²) in [5.41, 5.74) is 4.91. The van der Waals surface area contributed by atoms with Crippen LogP contribution in [0.25, 0.3) is 33.5 Å². The van der Waals surface area contributed by atoms with E-state index in [1.165, 1.54) is 10.2 Å². The van der Waals surface area contributed by atoms with E-state index >= 15 is 0 Å². The lowest BCUT2D eigenvalue weighted by Crippen LogP contribution is -2.10. The fraction of sp³-hybridized carbons (Fsp3) is 0.0556. The molecule has 0 unspecified atom stereocenters. The number of benzene rings is 2. The first-order valence-electron chi connectivity index (χ1n) is 7.53. The highest BCUT2D eigenvalue weighted by Gasteiger charge is 2.14. The van der Waals surface area contributed by atoms with Crippen LogP contribution in [0.5, 0.6) is 0 Å². The normalized spacial score (nSPS) is 11.0. The Bertz CT molecular complexity index is 1090. The summed E-state index contributed by atoms with van der Waals surface area (Å²) in [6, 6.07) is 18.2. The molecular formula is C18H15N5S. The zero-order valence-electron chi connectivity index (χ0n) is 13.0. The van der Waals surface area contributed by atoms with Crippen molar-refractivity contribution in [2.45, 2.75) is 6.92 Å². The second kappa shape index (κ2) is 5.58. The number of aromatic amines is 1. The average molecular weight is 333 g/mol. The van der Waals surface area contributed by atoms with E-state index in [0.29, 0.717) is 10.6 Å². The summed E-state index contributed by atoms with van der Waals surface area (Å²) >= 11 is 5.14. The summed E-state index contributed by atoms with van der Waals surface area (Å²) in [5.74, 6) is 6.62. The molecular weight excluding hydrogens is 318 g/mol. The molecule has 0 saturated heterocycles. The predicted octanol–water partition coefficient (Wildman–Crippen LogP) is 3.85. The van der Waals surface area contributed by atoms with Gasteiger partial charge in [-0.05, 0) is 31.3 Å². The van der Waals surface area contributed by atoms with Crippen LogP contribution in [0.15, 0.2) is 54.6 Å². The molecule has 0 aliphatic rings. The number of hydrogen-bond donors (Lipinski definition) is 2. The first kappa shape index (κ1) is 14.6. The van der Waals surface area contributed by atoms with Crippen LogP contribution in [0.1, 0.15) is 5.56 Å². The van der Waals surface area contributed by atoms with Crippen LogP contribution in [-0.2, 0) is 0 Å². The van der Waals surface area contributed by atoms with Gasteiger partial charge in [0.1, 0.15) is 0 Å². The van der Waals surface area contributed by atoms with Gasteiger partial charge in [-0.1, -0.05) is 48.0 Å². The molecule has 4 rings (SSSR count). The molecule has 0 radical (unpaired) electrons. The van der Waals surface area contributed by atoms with Crippen LogP contribution in [0.3, 0.4) is 0 Å². The molecule has 2 aromatic heterocycles. The number of fused-ring (bicyclic) bond motifs is 1. The zero-order valence-corrected chi connectivity index (χ0v) is 13.8. The molecule has 2 aromatic carbocycles. The maximum atomic E-state index is 6.03. The van der Waals surface area contributed by atoms with Crippen LogP contribution in [0.2, 0.25) is 0 Å². The Morgan fingerprint density at radius 1 is 1.08 bits per heavy atom. The third kappa shape index (κ3) is 2.37. The third-order valence-electron chi connectivity index (χ3n) is 4.01. The molecule has 3 N–H and O–H groups in total. The number of aryl methyl sites for hydroxylation is 1. The molecule has 0 aliphatic heterocycles. The first-order chi connectivity index (χ1) is 11.6. The van der Waals surface area contributed by atoms with Crippen LogP contribution in [0.4, 0.5) is 0 Å². The summed E-state index contributed by atoms with van der Waals surface area (Å²) in [6.45, 7) is 2.06. The molecule has 0 saturated carbocycles. The van der Waals surface area contributed by atoms with Gasteiger partial charge in [-0.15, -0.1) is 0 Å². The predicted molar refractivity (Wildman–Crippen MR) is 98.5 cm³/mol. The first-order valence-corrected chi connectivity index (χ1v) is 7.94. The van der Waals surface area contributed by atoms with Crippen molar-refractivity contribution in [1.82, 2.24) is 19.9 Å². The number of aromatic nitrogens is 4. The maximum absolute atomic E-state index is 6.03. The van der Waals surface area contributed by atoms with Crippen LogP contribution < -0.4 is 5.84 Å². The molecule has 24 heavy (non-hydrogen) atoms. The molecule has 0 fully saturated rings. The number of para-hydroxylation sites is 1. The number of nitrogens with zero attached hydrogens (tertiary/aromatic N) is 3. The fourth-order valence-electron chi connectivity index (χ4n) is 2.73. The highest BCUT2D eigenvalue weighted by molar-refractivity contribution is 7.71. The van der Waals surface area contributed by atoms with Gasteiger partial charge in [0.15, 0.2) is 5.82 Å². The second-order valence-electron chi connectivity index (χ2n) is 5.66. The van der Waals surface area contributed by atoms with Gasteiger partial charge in [-0.3, -0.25) is 0 Å². The molecule has 6 heteroatoms. The minimum atomic E-state index is 0.378.